The summed E-state index contributed by atoms with van der Waals surface area (Å²) in [7, 11) is 1.63. The van der Waals surface area contributed by atoms with Crippen molar-refractivity contribution >= 4 is 40.6 Å². The van der Waals surface area contributed by atoms with Crippen LogP contribution in [0.15, 0.2) is 66.7 Å². The molecule has 3 aromatic rings. The van der Waals surface area contributed by atoms with Gasteiger partial charge in [-0.1, -0.05) is 59.6 Å². The van der Waals surface area contributed by atoms with Crippen molar-refractivity contribution in [3.05, 3.63) is 87.9 Å². The number of nitrogens with zero attached hydrogens (tertiary/aromatic N) is 2. The largest absolute Gasteiger partial charge is 0.478 e. The molecule has 40 heavy (non-hydrogen) atoms. The fraction of sp³-hybridized carbons (Fsp3) is 0.355. The standard InChI is InChI=1S/C31H35Cl2N3O4/c1-40-17-16-36(26-12-13-28(32)29(33)18-26)20-27(37)19-34-30(21-35-14-2-3-15-35)24-8-4-22(5-9-24)23-6-10-25(11-7-23)31(38)39/h4-13,18,30,34H,2-3,14-17,19-21H2,1H3,(H,38,39). The Labute approximate surface area is 245 Å². The first-order valence-corrected chi connectivity index (χ1v) is 14.2. The Balaban J connectivity index is 1.44. The zero-order chi connectivity index (χ0) is 28.5. The second-order valence-electron chi connectivity index (χ2n) is 10.00. The van der Waals surface area contributed by atoms with Crippen LogP contribution in [0.4, 0.5) is 5.69 Å². The Morgan fingerprint density at radius 3 is 2.23 bits per heavy atom. The van der Waals surface area contributed by atoms with Gasteiger partial charge < -0.3 is 25.0 Å². The van der Waals surface area contributed by atoms with Crippen LogP contribution in [0.3, 0.4) is 0 Å². The lowest BCUT2D eigenvalue weighted by atomic mass is 9.99. The highest BCUT2D eigenvalue weighted by Gasteiger charge is 2.21. The third kappa shape index (κ3) is 8.29. The van der Waals surface area contributed by atoms with E-state index in [-0.39, 0.29) is 30.5 Å². The third-order valence-corrected chi connectivity index (χ3v) is 7.90. The number of ether oxygens (including phenoxy) is 1. The second-order valence-corrected chi connectivity index (χ2v) is 10.8. The molecule has 0 saturated carbocycles. The highest BCUT2D eigenvalue weighted by atomic mass is 35.5. The molecule has 0 aliphatic carbocycles. The molecule has 0 radical (unpaired) electrons. The van der Waals surface area contributed by atoms with Crippen LogP contribution < -0.4 is 10.2 Å². The molecule has 1 aliphatic rings. The molecule has 1 atom stereocenters. The zero-order valence-corrected chi connectivity index (χ0v) is 24.1. The van der Waals surface area contributed by atoms with E-state index in [1.807, 2.05) is 35.2 Å². The number of nitrogens with one attached hydrogen (secondary N) is 1. The lowest BCUT2D eigenvalue weighted by Crippen LogP contribution is -2.40. The molecule has 0 bridgehead atoms. The number of carbonyl (C=O) groups excluding carboxylic acids is 1. The molecule has 1 heterocycles. The van der Waals surface area contributed by atoms with Gasteiger partial charge in [0.15, 0.2) is 5.78 Å². The summed E-state index contributed by atoms with van der Waals surface area (Å²) in [6.07, 6.45) is 2.38. The summed E-state index contributed by atoms with van der Waals surface area (Å²) < 4.78 is 5.26. The van der Waals surface area contributed by atoms with Crippen LogP contribution >= 0.6 is 23.2 Å². The van der Waals surface area contributed by atoms with E-state index in [0.717, 1.165) is 42.0 Å². The summed E-state index contributed by atoms with van der Waals surface area (Å²) in [4.78, 5) is 28.7. The number of aromatic carboxylic acids is 1. The van der Waals surface area contributed by atoms with E-state index >= 15 is 0 Å². The molecule has 0 aromatic heterocycles. The van der Waals surface area contributed by atoms with Gasteiger partial charge in [0.1, 0.15) is 0 Å². The van der Waals surface area contributed by atoms with Crippen molar-refractivity contribution in [3.63, 3.8) is 0 Å². The molecule has 0 spiro atoms. The number of likely N-dealkylation sites (tertiary alicyclic amines) is 1. The summed E-state index contributed by atoms with van der Waals surface area (Å²) in [5.41, 5.74) is 4.15. The summed E-state index contributed by atoms with van der Waals surface area (Å²) in [5.74, 6) is -0.880. The van der Waals surface area contributed by atoms with E-state index in [1.165, 1.54) is 12.8 Å². The zero-order valence-electron chi connectivity index (χ0n) is 22.6. The maximum absolute atomic E-state index is 13.2. The first-order valence-electron chi connectivity index (χ1n) is 13.4. The van der Waals surface area contributed by atoms with E-state index in [4.69, 9.17) is 33.0 Å². The molecule has 1 unspecified atom stereocenters. The van der Waals surface area contributed by atoms with Crippen molar-refractivity contribution in [1.29, 1.82) is 0 Å². The van der Waals surface area contributed by atoms with Gasteiger partial charge in [0.25, 0.3) is 0 Å². The van der Waals surface area contributed by atoms with Gasteiger partial charge in [0, 0.05) is 31.9 Å². The van der Waals surface area contributed by atoms with Crippen molar-refractivity contribution in [1.82, 2.24) is 10.2 Å². The molecule has 3 aromatic carbocycles. The Kier molecular flexibility index (Phi) is 11.0. The number of hydrogen-bond acceptors (Lipinski definition) is 6. The number of carboxylic acid groups (broad SMARTS) is 1. The van der Waals surface area contributed by atoms with Gasteiger partial charge in [0.2, 0.25) is 0 Å². The fourth-order valence-electron chi connectivity index (χ4n) is 4.91. The SMILES string of the molecule is COCCN(CC(=O)CNC(CN1CCCC1)c1ccc(-c2ccc(C(=O)O)cc2)cc1)c1ccc(Cl)c(Cl)c1. The summed E-state index contributed by atoms with van der Waals surface area (Å²) in [6.45, 7) is 4.40. The van der Waals surface area contributed by atoms with E-state index in [2.05, 4.69) is 22.3 Å². The molecule has 2 N–H and O–H groups in total. The Morgan fingerprint density at radius 1 is 0.975 bits per heavy atom. The molecular formula is C31H35Cl2N3O4. The third-order valence-electron chi connectivity index (χ3n) is 7.16. The lowest BCUT2D eigenvalue weighted by Gasteiger charge is -2.27. The number of rotatable bonds is 14. The first-order chi connectivity index (χ1) is 19.3. The minimum Gasteiger partial charge on any atom is -0.478 e. The van der Waals surface area contributed by atoms with Gasteiger partial charge in [-0.2, -0.15) is 0 Å². The van der Waals surface area contributed by atoms with Crippen LogP contribution in [0.2, 0.25) is 10.0 Å². The Bertz CT molecular complexity index is 1280. The topological polar surface area (TPSA) is 82.1 Å². The number of benzene rings is 3. The minimum atomic E-state index is -0.939. The molecule has 0 amide bonds. The quantitative estimate of drug-likeness (QED) is 0.248. The van der Waals surface area contributed by atoms with Crippen molar-refractivity contribution in [3.8, 4) is 11.1 Å². The van der Waals surface area contributed by atoms with Crippen LogP contribution in [0.25, 0.3) is 11.1 Å². The number of anilines is 1. The molecule has 7 nitrogen and oxygen atoms in total. The van der Waals surface area contributed by atoms with Crippen LogP contribution in [0.1, 0.15) is 34.8 Å². The van der Waals surface area contributed by atoms with Crippen molar-refractivity contribution in [2.24, 2.45) is 0 Å². The predicted molar refractivity (Wildman–Crippen MR) is 161 cm³/mol. The maximum atomic E-state index is 13.2. The average molecular weight is 585 g/mol. The highest BCUT2D eigenvalue weighted by Crippen LogP contribution is 2.27. The minimum absolute atomic E-state index is 0.0112. The number of methoxy groups -OCH3 is 1. The normalized spacial score (nSPS) is 14.3. The van der Waals surface area contributed by atoms with E-state index in [9.17, 15) is 9.59 Å². The fourth-order valence-corrected chi connectivity index (χ4v) is 5.21. The van der Waals surface area contributed by atoms with Gasteiger partial charge in [-0.25, -0.2) is 4.79 Å². The van der Waals surface area contributed by atoms with Gasteiger partial charge in [-0.3, -0.25) is 4.79 Å². The number of Topliss-reactive ketones (excluding diaryl/α,β-unsaturated/α-hetero) is 1. The van der Waals surface area contributed by atoms with Crippen LogP contribution in [-0.4, -0.2) is 74.7 Å². The molecule has 1 aliphatic heterocycles. The summed E-state index contributed by atoms with van der Waals surface area (Å²) >= 11 is 12.3. The van der Waals surface area contributed by atoms with E-state index < -0.39 is 5.97 Å². The molecular weight excluding hydrogens is 549 g/mol. The van der Waals surface area contributed by atoms with Crippen molar-refractivity contribution in [2.75, 3.05) is 57.9 Å². The Morgan fingerprint density at radius 2 is 1.62 bits per heavy atom. The number of ketones is 1. The number of halogens is 2. The first kappa shape index (κ1) is 30.0. The Hall–Kier alpha value is -2.94. The van der Waals surface area contributed by atoms with Gasteiger partial charge in [-0.15, -0.1) is 0 Å². The van der Waals surface area contributed by atoms with Crippen LogP contribution in [0, 0.1) is 0 Å². The second kappa shape index (κ2) is 14.6. The van der Waals surface area contributed by atoms with Gasteiger partial charge >= 0.3 is 5.97 Å². The maximum Gasteiger partial charge on any atom is 0.335 e. The van der Waals surface area contributed by atoms with Gasteiger partial charge in [0.05, 0.1) is 35.3 Å². The molecule has 9 heteroatoms. The molecule has 212 valence electrons. The number of carboxylic acids is 1. The lowest BCUT2D eigenvalue weighted by molar-refractivity contribution is -0.117. The van der Waals surface area contributed by atoms with E-state index in [1.54, 1.807) is 31.4 Å². The number of hydrogen-bond donors (Lipinski definition) is 2. The molecule has 1 saturated heterocycles. The predicted octanol–water partition coefficient (Wildman–Crippen LogP) is 5.81. The average Bonchev–Trinajstić information content (AvgIpc) is 3.48. The molecule has 4 rings (SSSR count). The monoisotopic (exact) mass is 583 g/mol. The molecule has 1 fully saturated rings. The van der Waals surface area contributed by atoms with Crippen molar-refractivity contribution in [2.45, 2.75) is 18.9 Å². The summed E-state index contributed by atoms with van der Waals surface area (Å²) in [5, 5.41) is 13.6. The van der Waals surface area contributed by atoms with Gasteiger partial charge in [-0.05, 0) is 73.0 Å². The highest BCUT2D eigenvalue weighted by molar-refractivity contribution is 6.42. The van der Waals surface area contributed by atoms with Crippen LogP contribution in [0.5, 0.6) is 0 Å². The van der Waals surface area contributed by atoms with Crippen LogP contribution in [-0.2, 0) is 9.53 Å². The number of carbonyl (C=O) groups is 2. The van der Waals surface area contributed by atoms with Crippen molar-refractivity contribution < 1.29 is 19.4 Å². The summed E-state index contributed by atoms with van der Waals surface area (Å²) in [6, 6.07) is 20.5. The smallest absolute Gasteiger partial charge is 0.335 e. The van der Waals surface area contributed by atoms with E-state index in [0.29, 0.717) is 23.2 Å².